The van der Waals surface area contributed by atoms with E-state index in [9.17, 15) is 9.59 Å². The molecule has 1 aliphatic heterocycles. The van der Waals surface area contributed by atoms with Gasteiger partial charge in [-0.3, -0.25) is 9.59 Å². The number of halogens is 1. The molecular weight excluding hydrogens is 364 g/mol. The third-order valence-electron chi connectivity index (χ3n) is 4.86. The van der Waals surface area contributed by atoms with Gasteiger partial charge in [0.1, 0.15) is 5.76 Å². The van der Waals surface area contributed by atoms with Crippen LogP contribution in [0.25, 0.3) is 0 Å². The second-order valence-corrected chi connectivity index (χ2v) is 8.53. The van der Waals surface area contributed by atoms with Crippen LogP contribution in [0.4, 0.5) is 0 Å². The maximum absolute atomic E-state index is 12.9. The third-order valence-corrected chi connectivity index (χ3v) is 5.10. The first-order valence-corrected chi connectivity index (χ1v) is 9.69. The standard InChI is InChI=1S/C21H25ClN2O3/c1-21(2,3)19-13-16(23-27-19)12-18(25)17-9-4-5-10-24(17)20(26)14-7-6-8-15(22)11-14/h6-8,11,13,17H,4-5,9-10,12H2,1-3H3/t17-/m0/s1. The molecule has 0 unspecified atom stereocenters. The van der Waals surface area contributed by atoms with E-state index in [1.165, 1.54) is 0 Å². The summed E-state index contributed by atoms with van der Waals surface area (Å²) in [6, 6.07) is 8.27. The minimum Gasteiger partial charge on any atom is -0.361 e. The van der Waals surface area contributed by atoms with Crippen molar-refractivity contribution in [3.05, 3.63) is 52.4 Å². The molecule has 0 spiro atoms. The van der Waals surface area contributed by atoms with Crippen molar-refractivity contribution in [2.24, 2.45) is 0 Å². The number of carbonyl (C=O) groups is 2. The molecule has 0 radical (unpaired) electrons. The van der Waals surface area contributed by atoms with E-state index < -0.39 is 6.04 Å². The van der Waals surface area contributed by atoms with Crippen molar-refractivity contribution in [1.82, 2.24) is 10.1 Å². The van der Waals surface area contributed by atoms with E-state index in [4.69, 9.17) is 16.1 Å². The van der Waals surface area contributed by atoms with Crippen molar-refractivity contribution in [1.29, 1.82) is 0 Å². The Morgan fingerprint density at radius 2 is 2.04 bits per heavy atom. The average Bonchev–Trinajstić information content (AvgIpc) is 3.10. The van der Waals surface area contributed by atoms with Crippen LogP contribution in [0.5, 0.6) is 0 Å². The molecule has 1 aliphatic rings. The van der Waals surface area contributed by atoms with Gasteiger partial charge in [-0.05, 0) is 37.5 Å². The van der Waals surface area contributed by atoms with Gasteiger partial charge in [0.15, 0.2) is 5.78 Å². The minimum atomic E-state index is -0.431. The molecule has 0 N–H and O–H groups in total. The maximum Gasteiger partial charge on any atom is 0.254 e. The number of piperidine rings is 1. The monoisotopic (exact) mass is 388 g/mol. The molecule has 1 atom stereocenters. The van der Waals surface area contributed by atoms with Crippen molar-refractivity contribution < 1.29 is 14.1 Å². The number of hydrogen-bond donors (Lipinski definition) is 0. The number of likely N-dealkylation sites (tertiary alicyclic amines) is 1. The lowest BCUT2D eigenvalue weighted by molar-refractivity contribution is -0.123. The Morgan fingerprint density at radius 1 is 1.26 bits per heavy atom. The van der Waals surface area contributed by atoms with E-state index in [2.05, 4.69) is 5.16 Å². The van der Waals surface area contributed by atoms with Crippen LogP contribution in [0.1, 0.15) is 61.8 Å². The highest BCUT2D eigenvalue weighted by atomic mass is 35.5. The zero-order valence-electron chi connectivity index (χ0n) is 16.0. The SMILES string of the molecule is CC(C)(C)c1cc(CC(=O)[C@@H]2CCCCN2C(=O)c2cccc(Cl)c2)no1. The molecule has 1 aromatic carbocycles. The van der Waals surface area contributed by atoms with Gasteiger partial charge in [-0.2, -0.15) is 0 Å². The van der Waals surface area contributed by atoms with Gasteiger partial charge in [-0.25, -0.2) is 0 Å². The molecule has 5 nitrogen and oxygen atoms in total. The van der Waals surface area contributed by atoms with E-state index in [0.717, 1.165) is 18.6 Å². The zero-order valence-corrected chi connectivity index (χ0v) is 16.8. The largest absolute Gasteiger partial charge is 0.361 e. The van der Waals surface area contributed by atoms with Crippen molar-refractivity contribution >= 4 is 23.3 Å². The highest BCUT2D eigenvalue weighted by Crippen LogP contribution is 2.25. The van der Waals surface area contributed by atoms with Crippen LogP contribution in [-0.4, -0.2) is 34.3 Å². The van der Waals surface area contributed by atoms with Crippen molar-refractivity contribution in [3.63, 3.8) is 0 Å². The fourth-order valence-electron chi connectivity index (χ4n) is 3.34. The molecule has 27 heavy (non-hydrogen) atoms. The van der Waals surface area contributed by atoms with Crippen LogP contribution in [-0.2, 0) is 16.6 Å². The summed E-state index contributed by atoms with van der Waals surface area (Å²) in [5.74, 6) is 0.603. The maximum atomic E-state index is 12.9. The Morgan fingerprint density at radius 3 is 2.70 bits per heavy atom. The van der Waals surface area contributed by atoms with E-state index >= 15 is 0 Å². The van der Waals surface area contributed by atoms with Crippen LogP contribution in [0.2, 0.25) is 5.02 Å². The van der Waals surface area contributed by atoms with E-state index in [1.807, 2.05) is 26.8 Å². The van der Waals surface area contributed by atoms with Gasteiger partial charge in [0.05, 0.1) is 18.2 Å². The van der Waals surface area contributed by atoms with Crippen LogP contribution in [0.15, 0.2) is 34.9 Å². The summed E-state index contributed by atoms with van der Waals surface area (Å²) in [6.07, 6.45) is 2.68. The number of nitrogens with zero attached hydrogens (tertiary/aromatic N) is 2. The molecule has 1 fully saturated rings. The topological polar surface area (TPSA) is 63.4 Å². The van der Waals surface area contributed by atoms with Crippen LogP contribution in [0.3, 0.4) is 0 Å². The molecule has 144 valence electrons. The number of amides is 1. The number of aromatic nitrogens is 1. The van der Waals surface area contributed by atoms with E-state index in [0.29, 0.717) is 29.2 Å². The highest BCUT2D eigenvalue weighted by Gasteiger charge is 2.33. The number of rotatable bonds is 4. The summed E-state index contributed by atoms with van der Waals surface area (Å²) < 4.78 is 5.38. The van der Waals surface area contributed by atoms with Gasteiger partial charge in [-0.15, -0.1) is 0 Å². The zero-order chi connectivity index (χ0) is 19.6. The lowest BCUT2D eigenvalue weighted by Gasteiger charge is -2.34. The summed E-state index contributed by atoms with van der Waals surface area (Å²) in [4.78, 5) is 27.6. The normalized spacial score (nSPS) is 17.8. The van der Waals surface area contributed by atoms with Crippen molar-refractivity contribution in [3.8, 4) is 0 Å². The number of ketones is 1. The molecule has 1 saturated heterocycles. The first-order chi connectivity index (χ1) is 12.8. The van der Waals surface area contributed by atoms with Crippen LogP contribution in [0, 0.1) is 0 Å². The Kier molecular flexibility index (Phi) is 5.70. The average molecular weight is 389 g/mol. The first kappa shape index (κ1) is 19.6. The van der Waals surface area contributed by atoms with Crippen LogP contribution >= 0.6 is 11.6 Å². The number of hydrogen-bond acceptors (Lipinski definition) is 4. The van der Waals surface area contributed by atoms with Crippen molar-refractivity contribution in [2.45, 2.75) is 57.9 Å². The predicted molar refractivity (Wildman–Crippen MR) is 104 cm³/mol. The highest BCUT2D eigenvalue weighted by molar-refractivity contribution is 6.31. The molecule has 1 amide bonds. The summed E-state index contributed by atoms with van der Waals surface area (Å²) in [7, 11) is 0. The van der Waals surface area contributed by atoms with Crippen molar-refractivity contribution in [2.75, 3.05) is 6.54 Å². The molecule has 0 saturated carbocycles. The molecule has 1 aromatic heterocycles. The Bertz CT molecular complexity index is 838. The molecule has 2 heterocycles. The van der Waals surface area contributed by atoms with E-state index in [-0.39, 0.29) is 23.5 Å². The van der Waals surface area contributed by atoms with Gasteiger partial charge in [0, 0.05) is 28.6 Å². The van der Waals surface area contributed by atoms with Gasteiger partial charge in [0.2, 0.25) is 0 Å². The molecule has 3 rings (SSSR count). The van der Waals surface area contributed by atoms with E-state index in [1.54, 1.807) is 29.2 Å². The second kappa shape index (κ2) is 7.85. The smallest absolute Gasteiger partial charge is 0.254 e. The number of benzene rings is 1. The Balaban J connectivity index is 1.75. The molecule has 6 heteroatoms. The minimum absolute atomic E-state index is 0.00108. The Hall–Kier alpha value is -2.14. The summed E-state index contributed by atoms with van der Waals surface area (Å²) in [5, 5.41) is 4.55. The summed E-state index contributed by atoms with van der Waals surface area (Å²) >= 11 is 6.02. The van der Waals surface area contributed by atoms with Gasteiger partial charge < -0.3 is 9.42 Å². The molecular formula is C21H25ClN2O3. The second-order valence-electron chi connectivity index (χ2n) is 8.10. The van der Waals surface area contributed by atoms with Gasteiger partial charge >= 0.3 is 0 Å². The predicted octanol–water partition coefficient (Wildman–Crippen LogP) is 4.43. The first-order valence-electron chi connectivity index (χ1n) is 9.31. The van der Waals surface area contributed by atoms with Gasteiger partial charge in [-0.1, -0.05) is 43.6 Å². The molecule has 0 bridgehead atoms. The number of Topliss-reactive ketones (excluding diaryl/α,β-unsaturated/α-hetero) is 1. The fraction of sp³-hybridized carbons (Fsp3) is 0.476. The summed E-state index contributed by atoms with van der Waals surface area (Å²) in [6.45, 7) is 6.68. The lowest BCUT2D eigenvalue weighted by Crippen LogP contribution is -2.48. The Labute approximate surface area is 164 Å². The molecule has 2 aromatic rings. The quantitative estimate of drug-likeness (QED) is 0.777. The van der Waals surface area contributed by atoms with Gasteiger partial charge in [0.25, 0.3) is 5.91 Å². The lowest BCUT2D eigenvalue weighted by atomic mass is 9.92. The third kappa shape index (κ3) is 4.59. The summed E-state index contributed by atoms with van der Waals surface area (Å²) in [5.41, 5.74) is 0.970. The fourth-order valence-corrected chi connectivity index (χ4v) is 3.53. The number of carbonyl (C=O) groups excluding carboxylic acids is 2. The molecule has 0 aliphatic carbocycles. The van der Waals surface area contributed by atoms with Crippen LogP contribution < -0.4 is 0 Å².